The fraction of sp³-hybridized carbons (Fsp3) is 0.150. The highest BCUT2D eigenvalue weighted by atomic mass is 32.2. The molecule has 0 saturated carbocycles. The summed E-state index contributed by atoms with van der Waals surface area (Å²) in [5.74, 6) is 0.821. The number of aryl methyl sites for hydroxylation is 2. The highest BCUT2D eigenvalue weighted by molar-refractivity contribution is 8.13. The smallest absolute Gasteiger partial charge is 0.159 e. The zero-order chi connectivity index (χ0) is 16.2. The van der Waals surface area contributed by atoms with Crippen LogP contribution in [0.2, 0.25) is 0 Å². The molecule has 3 rings (SSSR count). The Kier molecular flexibility index (Phi) is 4.68. The number of fused-ring (bicyclic) bond motifs is 1. The maximum absolute atomic E-state index is 6.15. The van der Waals surface area contributed by atoms with Crippen LogP contribution in [0.4, 0.5) is 5.69 Å². The first-order valence-electron chi connectivity index (χ1n) is 7.65. The van der Waals surface area contributed by atoms with Crippen molar-refractivity contribution in [2.24, 2.45) is 10.7 Å². The lowest BCUT2D eigenvalue weighted by Crippen LogP contribution is -2.06. The molecule has 0 aliphatic rings. The van der Waals surface area contributed by atoms with E-state index in [-0.39, 0.29) is 0 Å². The number of nitrogens with zero attached hydrogens (tertiary/aromatic N) is 1. The Labute approximate surface area is 141 Å². The van der Waals surface area contributed by atoms with Gasteiger partial charge in [-0.05, 0) is 41.3 Å². The van der Waals surface area contributed by atoms with Crippen molar-refractivity contribution in [3.05, 3.63) is 77.4 Å². The molecule has 3 aromatic carbocycles. The maximum Gasteiger partial charge on any atom is 0.159 e. The van der Waals surface area contributed by atoms with E-state index in [9.17, 15) is 0 Å². The van der Waals surface area contributed by atoms with E-state index in [2.05, 4.69) is 73.4 Å². The Morgan fingerprint density at radius 2 is 1.57 bits per heavy atom. The molecular formula is C20H20N2S. The average Bonchev–Trinajstić information content (AvgIpc) is 2.56. The summed E-state index contributed by atoms with van der Waals surface area (Å²) in [6.45, 7) is 4.13. The first-order valence-corrected chi connectivity index (χ1v) is 8.63. The summed E-state index contributed by atoms with van der Waals surface area (Å²) in [6, 6.07) is 21.0. The number of hydrogen-bond acceptors (Lipinski definition) is 2. The number of aliphatic imine (C=N–C) groups is 1. The van der Waals surface area contributed by atoms with E-state index in [4.69, 9.17) is 5.73 Å². The molecular weight excluding hydrogens is 300 g/mol. The molecule has 0 spiro atoms. The Morgan fingerprint density at radius 3 is 2.35 bits per heavy atom. The second kappa shape index (κ2) is 6.88. The molecule has 3 aromatic rings. The lowest BCUT2D eigenvalue weighted by atomic mass is 10.1. The largest absolute Gasteiger partial charge is 0.378 e. The highest BCUT2D eigenvalue weighted by Crippen LogP contribution is 2.26. The standard InChI is InChI=1S/C20H20N2S/c1-14-7-5-8-15(2)19(14)22-20(21)23-13-17-11-6-10-16-9-3-4-12-18(16)17/h3-12H,13H2,1-2H3,(H2,21,22). The molecule has 0 aliphatic carbocycles. The quantitative estimate of drug-likeness (QED) is 0.523. The lowest BCUT2D eigenvalue weighted by Gasteiger charge is -2.08. The van der Waals surface area contributed by atoms with E-state index in [1.54, 1.807) is 11.8 Å². The fourth-order valence-corrected chi connectivity index (χ4v) is 3.41. The first kappa shape index (κ1) is 15.6. The van der Waals surface area contributed by atoms with Crippen molar-refractivity contribution in [3.8, 4) is 0 Å². The second-order valence-electron chi connectivity index (χ2n) is 5.62. The van der Waals surface area contributed by atoms with Gasteiger partial charge in [0.05, 0.1) is 5.69 Å². The van der Waals surface area contributed by atoms with Gasteiger partial charge in [-0.3, -0.25) is 0 Å². The van der Waals surface area contributed by atoms with Crippen molar-refractivity contribution in [2.45, 2.75) is 19.6 Å². The Bertz CT molecular complexity index is 843. The van der Waals surface area contributed by atoms with Crippen LogP contribution in [0, 0.1) is 13.8 Å². The van der Waals surface area contributed by atoms with Crippen LogP contribution in [0.3, 0.4) is 0 Å². The van der Waals surface area contributed by atoms with Gasteiger partial charge in [0.2, 0.25) is 0 Å². The fourth-order valence-electron chi connectivity index (χ4n) is 2.69. The van der Waals surface area contributed by atoms with Gasteiger partial charge in [-0.1, -0.05) is 72.4 Å². The van der Waals surface area contributed by atoms with Crippen molar-refractivity contribution < 1.29 is 0 Å². The summed E-state index contributed by atoms with van der Waals surface area (Å²) in [5.41, 5.74) is 10.7. The molecule has 2 nitrogen and oxygen atoms in total. The molecule has 0 aliphatic heterocycles. The van der Waals surface area contributed by atoms with Crippen molar-refractivity contribution in [1.29, 1.82) is 0 Å². The predicted molar refractivity (Wildman–Crippen MR) is 102 cm³/mol. The van der Waals surface area contributed by atoms with Gasteiger partial charge in [0.25, 0.3) is 0 Å². The van der Waals surface area contributed by atoms with E-state index in [0.717, 1.165) is 22.6 Å². The molecule has 0 atom stereocenters. The van der Waals surface area contributed by atoms with Gasteiger partial charge in [0, 0.05) is 5.75 Å². The number of para-hydroxylation sites is 1. The zero-order valence-corrected chi connectivity index (χ0v) is 14.2. The van der Waals surface area contributed by atoms with Crippen LogP contribution >= 0.6 is 11.8 Å². The SMILES string of the molecule is Cc1cccc(C)c1N=C(N)SCc1cccc2ccccc12. The minimum absolute atomic E-state index is 0.607. The van der Waals surface area contributed by atoms with Gasteiger partial charge < -0.3 is 5.73 Å². The molecule has 23 heavy (non-hydrogen) atoms. The van der Waals surface area contributed by atoms with E-state index >= 15 is 0 Å². The van der Waals surface area contributed by atoms with Crippen molar-refractivity contribution in [2.75, 3.05) is 0 Å². The Balaban J connectivity index is 1.81. The molecule has 3 heteroatoms. The first-order chi connectivity index (χ1) is 11.1. The van der Waals surface area contributed by atoms with E-state index in [1.165, 1.54) is 16.3 Å². The van der Waals surface area contributed by atoms with Crippen LogP contribution in [0.1, 0.15) is 16.7 Å². The van der Waals surface area contributed by atoms with Gasteiger partial charge in [-0.15, -0.1) is 0 Å². The molecule has 0 heterocycles. The number of rotatable bonds is 3. The zero-order valence-electron chi connectivity index (χ0n) is 13.4. The Morgan fingerprint density at radius 1 is 0.913 bits per heavy atom. The average molecular weight is 320 g/mol. The summed E-state index contributed by atoms with van der Waals surface area (Å²) >= 11 is 1.58. The molecule has 0 saturated heterocycles. The van der Waals surface area contributed by atoms with E-state index < -0.39 is 0 Å². The van der Waals surface area contributed by atoms with Crippen LogP contribution in [0.5, 0.6) is 0 Å². The number of thioether (sulfide) groups is 1. The van der Waals surface area contributed by atoms with Crippen LogP contribution in [0.15, 0.2) is 65.7 Å². The van der Waals surface area contributed by atoms with Crippen molar-refractivity contribution in [1.82, 2.24) is 0 Å². The number of benzene rings is 3. The van der Waals surface area contributed by atoms with Crippen LogP contribution < -0.4 is 5.73 Å². The minimum Gasteiger partial charge on any atom is -0.378 e. The summed E-state index contributed by atoms with van der Waals surface area (Å²) in [5, 5.41) is 3.15. The molecule has 0 fully saturated rings. The summed E-state index contributed by atoms with van der Waals surface area (Å²) in [4.78, 5) is 4.61. The van der Waals surface area contributed by atoms with Gasteiger partial charge in [-0.25, -0.2) is 4.99 Å². The van der Waals surface area contributed by atoms with Crippen LogP contribution in [-0.4, -0.2) is 5.17 Å². The summed E-state index contributed by atoms with van der Waals surface area (Å²) in [7, 11) is 0. The molecule has 0 amide bonds. The van der Waals surface area contributed by atoms with E-state index in [0.29, 0.717) is 5.17 Å². The molecule has 0 aromatic heterocycles. The van der Waals surface area contributed by atoms with Gasteiger partial charge in [0.1, 0.15) is 0 Å². The minimum atomic E-state index is 0.607. The topological polar surface area (TPSA) is 38.4 Å². The molecule has 0 unspecified atom stereocenters. The molecule has 2 N–H and O–H groups in total. The van der Waals surface area contributed by atoms with Gasteiger partial charge in [0.15, 0.2) is 5.17 Å². The van der Waals surface area contributed by atoms with Crippen LogP contribution in [0.25, 0.3) is 10.8 Å². The Hall–Kier alpha value is -2.26. The summed E-state index contributed by atoms with van der Waals surface area (Å²) in [6.07, 6.45) is 0. The predicted octanol–water partition coefficient (Wildman–Crippen LogP) is 5.34. The maximum atomic E-state index is 6.15. The third kappa shape index (κ3) is 3.57. The van der Waals surface area contributed by atoms with Crippen molar-refractivity contribution in [3.63, 3.8) is 0 Å². The number of amidine groups is 1. The van der Waals surface area contributed by atoms with Gasteiger partial charge >= 0.3 is 0 Å². The highest BCUT2D eigenvalue weighted by Gasteiger charge is 2.05. The van der Waals surface area contributed by atoms with Crippen molar-refractivity contribution >= 4 is 33.4 Å². The second-order valence-corrected chi connectivity index (χ2v) is 6.61. The lowest BCUT2D eigenvalue weighted by molar-refractivity contribution is 1.32. The molecule has 0 radical (unpaired) electrons. The summed E-state index contributed by atoms with van der Waals surface area (Å²) < 4.78 is 0. The normalized spacial score (nSPS) is 11.8. The third-order valence-corrected chi connectivity index (χ3v) is 4.76. The van der Waals surface area contributed by atoms with E-state index in [1.807, 2.05) is 6.07 Å². The number of nitrogens with two attached hydrogens (primary N) is 1. The number of hydrogen-bond donors (Lipinski definition) is 1. The molecule has 116 valence electrons. The monoisotopic (exact) mass is 320 g/mol. The molecule has 0 bridgehead atoms. The third-order valence-electron chi connectivity index (χ3n) is 3.92. The van der Waals surface area contributed by atoms with Gasteiger partial charge in [-0.2, -0.15) is 0 Å². The van der Waals surface area contributed by atoms with Crippen LogP contribution in [-0.2, 0) is 5.75 Å².